The fraction of sp³-hybridized carbons (Fsp3) is 0.250. The summed E-state index contributed by atoms with van der Waals surface area (Å²) in [5, 5.41) is 10.8. The van der Waals surface area contributed by atoms with Crippen molar-refractivity contribution in [1.29, 1.82) is 0 Å². The van der Waals surface area contributed by atoms with E-state index in [-0.39, 0.29) is 5.69 Å². The SMILES string of the molecule is CC1=C2CC(=C1)N1CN(c3ccc([N+](=O)[O-])c(C(F)(F)F)c3)C=C21. The third-order valence-corrected chi connectivity index (χ3v) is 4.55. The zero-order chi connectivity index (χ0) is 17.2. The number of allylic oxidation sites excluding steroid dienone is 4. The summed E-state index contributed by atoms with van der Waals surface area (Å²) in [6.45, 7) is 2.42. The molecule has 0 N–H and O–H groups in total. The van der Waals surface area contributed by atoms with Crippen molar-refractivity contribution in [3.05, 3.63) is 68.7 Å². The molecule has 0 atom stereocenters. The first-order chi connectivity index (χ1) is 11.3. The summed E-state index contributed by atoms with van der Waals surface area (Å²) in [7, 11) is 0. The second-order valence-electron chi connectivity index (χ2n) is 5.98. The third-order valence-electron chi connectivity index (χ3n) is 4.55. The Balaban J connectivity index is 1.73. The van der Waals surface area contributed by atoms with Crippen molar-refractivity contribution >= 4 is 11.4 Å². The lowest BCUT2D eigenvalue weighted by atomic mass is 10.1. The Morgan fingerprint density at radius 2 is 2.04 bits per heavy atom. The largest absolute Gasteiger partial charge is 0.423 e. The molecule has 1 aromatic rings. The van der Waals surface area contributed by atoms with Gasteiger partial charge in [-0.05, 0) is 36.3 Å². The molecule has 0 unspecified atom stereocenters. The smallest absolute Gasteiger partial charge is 0.327 e. The van der Waals surface area contributed by atoms with Gasteiger partial charge in [0.15, 0.2) is 0 Å². The van der Waals surface area contributed by atoms with Gasteiger partial charge in [0, 0.05) is 30.1 Å². The summed E-state index contributed by atoms with van der Waals surface area (Å²) in [5.74, 6) is 0. The first kappa shape index (κ1) is 14.8. The summed E-state index contributed by atoms with van der Waals surface area (Å²) >= 11 is 0. The molecular weight excluding hydrogens is 323 g/mol. The Morgan fingerprint density at radius 1 is 1.29 bits per heavy atom. The van der Waals surface area contributed by atoms with Gasteiger partial charge in [0.2, 0.25) is 0 Å². The summed E-state index contributed by atoms with van der Waals surface area (Å²) in [6, 6.07) is 3.11. The zero-order valence-electron chi connectivity index (χ0n) is 12.6. The lowest BCUT2D eigenvalue weighted by molar-refractivity contribution is -0.388. The van der Waals surface area contributed by atoms with Gasteiger partial charge in [0.1, 0.15) is 5.56 Å². The second kappa shape index (κ2) is 4.62. The van der Waals surface area contributed by atoms with Crippen LogP contribution in [0.15, 0.2) is 53.0 Å². The maximum absolute atomic E-state index is 13.1. The highest BCUT2D eigenvalue weighted by Gasteiger charge is 2.40. The van der Waals surface area contributed by atoms with Gasteiger partial charge in [-0.3, -0.25) is 10.1 Å². The van der Waals surface area contributed by atoms with Crippen molar-refractivity contribution in [2.45, 2.75) is 19.5 Å². The highest BCUT2D eigenvalue weighted by molar-refractivity contribution is 5.64. The number of hydrogen-bond acceptors (Lipinski definition) is 4. The zero-order valence-corrected chi connectivity index (χ0v) is 12.6. The predicted molar refractivity (Wildman–Crippen MR) is 80.8 cm³/mol. The molecule has 2 heterocycles. The molecule has 0 spiro atoms. The molecule has 3 aliphatic rings. The molecule has 2 aliphatic heterocycles. The second-order valence-corrected chi connectivity index (χ2v) is 5.98. The van der Waals surface area contributed by atoms with Crippen LogP contribution in [0.2, 0.25) is 0 Å². The van der Waals surface area contributed by atoms with Gasteiger partial charge in [-0.15, -0.1) is 0 Å². The highest BCUT2D eigenvalue weighted by atomic mass is 19.4. The van der Waals surface area contributed by atoms with Crippen molar-refractivity contribution < 1.29 is 18.1 Å². The maximum atomic E-state index is 13.1. The Kier molecular flexibility index (Phi) is 2.85. The number of halogens is 3. The van der Waals surface area contributed by atoms with E-state index in [0.29, 0.717) is 6.67 Å². The van der Waals surface area contributed by atoms with E-state index >= 15 is 0 Å². The van der Waals surface area contributed by atoms with Crippen molar-refractivity contribution in [3.8, 4) is 0 Å². The molecule has 1 saturated heterocycles. The van der Waals surface area contributed by atoms with Gasteiger partial charge in [-0.2, -0.15) is 13.2 Å². The van der Waals surface area contributed by atoms with E-state index in [1.807, 2.05) is 6.92 Å². The third kappa shape index (κ3) is 2.02. The molecule has 2 bridgehead atoms. The van der Waals surface area contributed by atoms with E-state index < -0.39 is 22.4 Å². The van der Waals surface area contributed by atoms with Crippen LogP contribution in [0.4, 0.5) is 24.5 Å². The quantitative estimate of drug-likeness (QED) is 0.602. The number of nitrogens with zero attached hydrogens (tertiary/aromatic N) is 3. The minimum absolute atomic E-state index is 0.285. The molecule has 8 heteroatoms. The number of anilines is 1. The van der Waals surface area contributed by atoms with E-state index in [1.54, 1.807) is 11.1 Å². The fourth-order valence-corrected chi connectivity index (χ4v) is 3.39. The minimum Gasteiger partial charge on any atom is -0.327 e. The van der Waals surface area contributed by atoms with Crippen LogP contribution in [0.5, 0.6) is 0 Å². The Hall–Kier alpha value is -2.77. The van der Waals surface area contributed by atoms with E-state index in [4.69, 9.17) is 0 Å². The van der Waals surface area contributed by atoms with Crippen molar-refractivity contribution in [2.24, 2.45) is 0 Å². The minimum atomic E-state index is -4.78. The molecule has 1 fully saturated rings. The lowest BCUT2D eigenvalue weighted by Crippen LogP contribution is -2.24. The van der Waals surface area contributed by atoms with Crippen LogP contribution in [0, 0.1) is 10.1 Å². The summed E-state index contributed by atoms with van der Waals surface area (Å²) in [4.78, 5) is 13.6. The molecule has 124 valence electrons. The molecule has 1 aromatic carbocycles. The van der Waals surface area contributed by atoms with Gasteiger partial charge < -0.3 is 9.80 Å². The van der Waals surface area contributed by atoms with Gasteiger partial charge in [-0.1, -0.05) is 0 Å². The number of fused-ring (bicyclic) bond motifs is 5. The average molecular weight is 335 g/mol. The van der Waals surface area contributed by atoms with Crippen LogP contribution in [0.25, 0.3) is 0 Å². The molecule has 0 aromatic heterocycles. The summed E-state index contributed by atoms with van der Waals surface area (Å²) < 4.78 is 39.4. The number of benzene rings is 1. The number of nitro benzene ring substituents is 1. The van der Waals surface area contributed by atoms with Crippen LogP contribution in [-0.4, -0.2) is 16.5 Å². The Bertz CT molecular complexity index is 868. The monoisotopic (exact) mass is 335 g/mol. The van der Waals surface area contributed by atoms with Crippen molar-refractivity contribution in [2.75, 3.05) is 11.6 Å². The highest BCUT2D eigenvalue weighted by Crippen LogP contribution is 2.47. The van der Waals surface area contributed by atoms with E-state index in [9.17, 15) is 23.3 Å². The van der Waals surface area contributed by atoms with Crippen molar-refractivity contribution in [3.63, 3.8) is 0 Å². The van der Waals surface area contributed by atoms with E-state index in [2.05, 4.69) is 11.0 Å². The van der Waals surface area contributed by atoms with E-state index in [0.717, 1.165) is 29.9 Å². The molecular formula is C16H12F3N3O2. The first-order valence-electron chi connectivity index (χ1n) is 7.28. The number of rotatable bonds is 2. The topological polar surface area (TPSA) is 49.6 Å². The average Bonchev–Trinajstić information content (AvgIpc) is 3.15. The number of hydrogen-bond donors (Lipinski definition) is 0. The molecule has 0 radical (unpaired) electrons. The molecule has 5 nitrogen and oxygen atoms in total. The standard InChI is InChI=1S/C16H12F3N3O2/c1-9-4-11-5-12(9)15-7-20(8-21(11)15)10-2-3-14(22(23)24)13(6-10)16(17,18)19/h2-4,6-7H,5,8H2,1H3. The Morgan fingerprint density at radius 3 is 2.71 bits per heavy atom. The van der Waals surface area contributed by atoms with Gasteiger partial charge in [0.05, 0.1) is 17.3 Å². The van der Waals surface area contributed by atoms with Gasteiger partial charge in [0.25, 0.3) is 5.69 Å². The Labute approximate surface area is 135 Å². The van der Waals surface area contributed by atoms with Crippen LogP contribution >= 0.6 is 0 Å². The first-order valence-corrected chi connectivity index (χ1v) is 7.28. The van der Waals surface area contributed by atoms with Crippen LogP contribution in [-0.2, 0) is 6.18 Å². The lowest BCUT2D eigenvalue weighted by Gasteiger charge is -2.22. The maximum Gasteiger partial charge on any atom is 0.423 e. The van der Waals surface area contributed by atoms with Gasteiger partial charge in [-0.25, -0.2) is 0 Å². The van der Waals surface area contributed by atoms with Crippen molar-refractivity contribution in [1.82, 2.24) is 4.90 Å². The fourth-order valence-electron chi connectivity index (χ4n) is 3.39. The predicted octanol–water partition coefficient (Wildman–Crippen LogP) is 4.15. The number of nitro groups is 1. The van der Waals surface area contributed by atoms with Crippen LogP contribution in [0.3, 0.4) is 0 Å². The van der Waals surface area contributed by atoms with E-state index in [1.165, 1.54) is 17.2 Å². The van der Waals surface area contributed by atoms with Crippen LogP contribution < -0.4 is 4.90 Å². The molecule has 0 amide bonds. The summed E-state index contributed by atoms with van der Waals surface area (Å²) in [5.41, 5.74) is 2.62. The van der Waals surface area contributed by atoms with Crippen LogP contribution in [0.1, 0.15) is 18.9 Å². The number of alkyl halides is 3. The molecule has 4 rings (SSSR count). The molecule has 1 aliphatic carbocycles. The molecule has 24 heavy (non-hydrogen) atoms. The van der Waals surface area contributed by atoms with Gasteiger partial charge >= 0.3 is 6.18 Å². The molecule has 0 saturated carbocycles. The summed E-state index contributed by atoms with van der Waals surface area (Å²) in [6.07, 6.45) is -0.0328. The normalized spacial score (nSPS) is 19.0.